The molecule has 0 spiro atoms. The van der Waals surface area contributed by atoms with Crippen molar-refractivity contribution in [3.05, 3.63) is 16.3 Å². The first kappa shape index (κ1) is 9.45. The number of hydrogen-bond donors (Lipinski definition) is 1. The van der Waals surface area contributed by atoms with Gasteiger partial charge in [-0.3, -0.25) is 4.57 Å². The molecule has 1 aliphatic heterocycles. The third-order valence-corrected chi connectivity index (χ3v) is 2.47. The number of aromatic nitrogens is 3. The summed E-state index contributed by atoms with van der Waals surface area (Å²) in [5.41, 5.74) is -0.0828. The van der Waals surface area contributed by atoms with Crippen LogP contribution < -0.4 is 5.69 Å². The van der Waals surface area contributed by atoms with Gasteiger partial charge in [0.2, 0.25) is 0 Å². The van der Waals surface area contributed by atoms with Crippen LogP contribution in [0.2, 0.25) is 0 Å². The monoisotopic (exact) mass is 197 g/mol. The Bertz CT molecular complexity index is 378. The van der Waals surface area contributed by atoms with Crippen molar-refractivity contribution in [1.82, 2.24) is 14.3 Å². The van der Waals surface area contributed by atoms with E-state index in [-0.39, 0.29) is 5.69 Å². The van der Waals surface area contributed by atoms with Crippen molar-refractivity contribution >= 4 is 0 Å². The molecule has 14 heavy (non-hydrogen) atoms. The molecule has 1 atom stereocenters. The molecule has 1 aromatic heterocycles. The predicted molar refractivity (Wildman–Crippen MR) is 51.1 cm³/mol. The Morgan fingerprint density at radius 2 is 2.36 bits per heavy atom. The molecule has 0 amide bonds. The van der Waals surface area contributed by atoms with E-state index in [0.717, 1.165) is 31.6 Å². The summed E-state index contributed by atoms with van der Waals surface area (Å²) in [5.74, 6) is 0.863. The average molecular weight is 197 g/mol. The molecule has 0 saturated carbocycles. The Kier molecular flexibility index (Phi) is 2.41. The van der Waals surface area contributed by atoms with E-state index in [1.807, 2.05) is 0 Å². The quantitative estimate of drug-likeness (QED) is 0.712. The fourth-order valence-corrected chi connectivity index (χ4v) is 1.82. The molecule has 1 N–H and O–H groups in total. The molecule has 5 heteroatoms. The van der Waals surface area contributed by atoms with Gasteiger partial charge >= 0.3 is 5.69 Å². The van der Waals surface area contributed by atoms with Crippen LogP contribution in [0.1, 0.15) is 25.6 Å². The summed E-state index contributed by atoms with van der Waals surface area (Å²) >= 11 is 0. The maximum absolute atomic E-state index is 11.7. The number of aliphatic hydroxyl groups is 1. The van der Waals surface area contributed by atoms with Gasteiger partial charge in [-0.05, 0) is 19.8 Å². The summed E-state index contributed by atoms with van der Waals surface area (Å²) in [5, 5.41) is 13.4. The van der Waals surface area contributed by atoms with Crippen molar-refractivity contribution in [1.29, 1.82) is 0 Å². The number of fused-ring (bicyclic) bond motifs is 1. The molecule has 0 fully saturated rings. The number of hydrogen-bond acceptors (Lipinski definition) is 3. The summed E-state index contributed by atoms with van der Waals surface area (Å²) in [7, 11) is 0. The maximum atomic E-state index is 11.7. The summed E-state index contributed by atoms with van der Waals surface area (Å²) in [6.45, 7) is 2.72. The van der Waals surface area contributed by atoms with Gasteiger partial charge in [0.05, 0.1) is 12.6 Å². The van der Waals surface area contributed by atoms with Crippen molar-refractivity contribution in [3.8, 4) is 0 Å². The molecule has 0 aliphatic carbocycles. The van der Waals surface area contributed by atoms with E-state index in [4.69, 9.17) is 0 Å². The van der Waals surface area contributed by atoms with Gasteiger partial charge in [-0.1, -0.05) is 0 Å². The first-order valence-electron chi connectivity index (χ1n) is 5.03. The zero-order valence-corrected chi connectivity index (χ0v) is 8.31. The van der Waals surface area contributed by atoms with Crippen LogP contribution in [-0.4, -0.2) is 25.6 Å². The molecule has 1 aliphatic rings. The van der Waals surface area contributed by atoms with E-state index < -0.39 is 6.10 Å². The lowest BCUT2D eigenvalue weighted by atomic mass is 10.2. The fraction of sp³-hybridized carbons (Fsp3) is 0.778. The van der Waals surface area contributed by atoms with Crippen LogP contribution >= 0.6 is 0 Å². The van der Waals surface area contributed by atoms with Crippen molar-refractivity contribution in [3.63, 3.8) is 0 Å². The highest BCUT2D eigenvalue weighted by Gasteiger charge is 2.16. The zero-order chi connectivity index (χ0) is 10.1. The van der Waals surface area contributed by atoms with Crippen LogP contribution in [0.4, 0.5) is 0 Å². The molecule has 0 aromatic carbocycles. The van der Waals surface area contributed by atoms with Crippen molar-refractivity contribution < 1.29 is 5.11 Å². The second kappa shape index (κ2) is 3.57. The highest BCUT2D eigenvalue weighted by atomic mass is 16.3. The maximum Gasteiger partial charge on any atom is 0.346 e. The lowest BCUT2D eigenvalue weighted by molar-refractivity contribution is 0.166. The van der Waals surface area contributed by atoms with Gasteiger partial charge in [0.15, 0.2) is 0 Å². The predicted octanol–water partition coefficient (Wildman–Crippen LogP) is -0.238. The van der Waals surface area contributed by atoms with E-state index in [0.29, 0.717) is 6.54 Å². The molecule has 2 rings (SSSR count). The topological polar surface area (TPSA) is 60.0 Å². The Balaban J connectivity index is 2.34. The van der Waals surface area contributed by atoms with Crippen LogP contribution in [0.3, 0.4) is 0 Å². The fourth-order valence-electron chi connectivity index (χ4n) is 1.82. The van der Waals surface area contributed by atoms with Gasteiger partial charge in [0.1, 0.15) is 5.82 Å². The average Bonchev–Trinajstić information content (AvgIpc) is 2.44. The highest BCUT2D eigenvalue weighted by molar-refractivity contribution is 4.91. The van der Waals surface area contributed by atoms with Gasteiger partial charge in [-0.25, -0.2) is 9.48 Å². The standard InChI is InChI=1S/C9H15N3O2/c1-7(13)6-12-9(14)11-5-3-2-4-8(11)10-12/h7,13H,2-6H2,1H3/t7-/m0/s1. The summed E-state index contributed by atoms with van der Waals surface area (Å²) in [6.07, 6.45) is 2.50. The molecule has 2 heterocycles. The first-order valence-corrected chi connectivity index (χ1v) is 5.03. The van der Waals surface area contributed by atoms with Crippen molar-refractivity contribution in [2.45, 2.75) is 45.4 Å². The van der Waals surface area contributed by atoms with Gasteiger partial charge in [0, 0.05) is 13.0 Å². The molecule has 5 nitrogen and oxygen atoms in total. The number of aliphatic hydroxyl groups excluding tert-OH is 1. The minimum absolute atomic E-state index is 0.0828. The second-order valence-corrected chi connectivity index (χ2v) is 3.84. The van der Waals surface area contributed by atoms with Crippen molar-refractivity contribution in [2.24, 2.45) is 0 Å². The molecule has 0 unspecified atom stereocenters. The Hall–Kier alpha value is -1.10. The smallest absolute Gasteiger partial charge is 0.346 e. The summed E-state index contributed by atoms with van der Waals surface area (Å²) < 4.78 is 3.08. The minimum atomic E-state index is -0.523. The normalized spacial score (nSPS) is 17.9. The van der Waals surface area contributed by atoms with Gasteiger partial charge in [-0.2, -0.15) is 5.10 Å². The van der Waals surface area contributed by atoms with Crippen LogP contribution in [0.25, 0.3) is 0 Å². The van der Waals surface area contributed by atoms with Gasteiger partial charge < -0.3 is 5.11 Å². The van der Waals surface area contributed by atoms with E-state index in [1.165, 1.54) is 4.68 Å². The number of aryl methyl sites for hydroxylation is 1. The second-order valence-electron chi connectivity index (χ2n) is 3.84. The van der Waals surface area contributed by atoms with Crippen LogP contribution in [0, 0.1) is 0 Å². The van der Waals surface area contributed by atoms with Gasteiger partial charge in [0.25, 0.3) is 0 Å². The minimum Gasteiger partial charge on any atom is -0.391 e. The lowest BCUT2D eigenvalue weighted by Crippen LogP contribution is -2.29. The number of rotatable bonds is 2. The van der Waals surface area contributed by atoms with E-state index in [9.17, 15) is 9.90 Å². The third kappa shape index (κ3) is 1.59. The molecule has 0 bridgehead atoms. The molecule has 0 radical (unpaired) electrons. The van der Waals surface area contributed by atoms with Crippen molar-refractivity contribution in [2.75, 3.05) is 0 Å². The molecular weight excluding hydrogens is 182 g/mol. The summed E-state index contributed by atoms with van der Waals surface area (Å²) in [6, 6.07) is 0. The molecule has 0 saturated heterocycles. The Labute approximate surface area is 82.0 Å². The van der Waals surface area contributed by atoms with E-state index >= 15 is 0 Å². The van der Waals surface area contributed by atoms with Crippen LogP contribution in [0.5, 0.6) is 0 Å². The largest absolute Gasteiger partial charge is 0.391 e. The third-order valence-electron chi connectivity index (χ3n) is 2.47. The highest BCUT2D eigenvalue weighted by Crippen LogP contribution is 2.09. The number of nitrogens with zero attached hydrogens (tertiary/aromatic N) is 3. The van der Waals surface area contributed by atoms with Crippen LogP contribution in [-0.2, 0) is 19.5 Å². The lowest BCUT2D eigenvalue weighted by Gasteiger charge is -2.09. The molecule has 78 valence electrons. The SMILES string of the molecule is C[C@H](O)Cn1nc2n(c1=O)CCCC2. The molecule has 1 aromatic rings. The van der Waals surface area contributed by atoms with E-state index in [2.05, 4.69) is 5.10 Å². The van der Waals surface area contributed by atoms with Gasteiger partial charge in [-0.15, -0.1) is 0 Å². The Morgan fingerprint density at radius 1 is 1.57 bits per heavy atom. The Morgan fingerprint density at radius 3 is 3.00 bits per heavy atom. The molecular formula is C9H15N3O2. The summed E-state index contributed by atoms with van der Waals surface area (Å²) in [4.78, 5) is 11.7. The zero-order valence-electron chi connectivity index (χ0n) is 8.31. The van der Waals surface area contributed by atoms with E-state index in [1.54, 1.807) is 11.5 Å². The van der Waals surface area contributed by atoms with Crippen LogP contribution in [0.15, 0.2) is 4.79 Å². The first-order chi connectivity index (χ1) is 6.68.